The molecule has 0 bridgehead atoms. The minimum absolute atomic E-state index is 0.0820. The number of para-hydroxylation sites is 2. The van der Waals surface area contributed by atoms with Crippen molar-refractivity contribution in [2.45, 2.75) is 24.4 Å². The number of rotatable bonds is 5. The molecule has 3 aromatic carbocycles. The van der Waals surface area contributed by atoms with E-state index in [0.717, 1.165) is 16.8 Å². The molecular weight excluding hydrogens is 538 g/mol. The van der Waals surface area contributed by atoms with Gasteiger partial charge in [0.05, 0.1) is 21.8 Å². The van der Waals surface area contributed by atoms with Crippen LogP contribution in [0, 0.1) is 16.0 Å². The van der Waals surface area contributed by atoms with Crippen LogP contribution in [0.25, 0.3) is 5.57 Å². The average molecular weight is 562 g/mol. The van der Waals surface area contributed by atoms with Gasteiger partial charge in [-0.3, -0.25) is 24.5 Å². The van der Waals surface area contributed by atoms with E-state index in [9.17, 15) is 24.5 Å². The van der Waals surface area contributed by atoms with E-state index in [1.807, 2.05) is 60.4 Å². The summed E-state index contributed by atoms with van der Waals surface area (Å²) in [5, 5.41) is 16.4. The van der Waals surface area contributed by atoms with Crippen LogP contribution in [0.2, 0.25) is 0 Å². The zero-order chi connectivity index (χ0) is 28.5. The van der Waals surface area contributed by atoms with Crippen molar-refractivity contribution in [3.05, 3.63) is 128 Å². The summed E-state index contributed by atoms with van der Waals surface area (Å²) >= 11 is 1.28. The normalized spacial score (nSPS) is 23.8. The molecule has 0 radical (unpaired) electrons. The van der Waals surface area contributed by atoms with Gasteiger partial charge in [-0.2, -0.15) is 0 Å². The number of nitro groups is 1. The number of nitrogens with zero attached hydrogens (tertiary/aromatic N) is 2. The molecule has 8 nitrogen and oxygen atoms in total. The Kier molecular flexibility index (Phi) is 5.55. The Bertz CT molecular complexity index is 1810. The number of hydrogen-bond acceptors (Lipinski definition) is 7. The highest BCUT2D eigenvalue weighted by Crippen LogP contribution is 2.59. The second kappa shape index (κ2) is 9.07. The molecule has 4 heterocycles. The van der Waals surface area contributed by atoms with Crippen LogP contribution in [-0.4, -0.2) is 34.5 Å². The lowest BCUT2D eigenvalue weighted by Gasteiger charge is -2.39. The Morgan fingerprint density at radius 2 is 1.76 bits per heavy atom. The number of Topliss-reactive ketones (excluding diaryl/α,β-unsaturated/α-hetero) is 2. The predicted octanol–water partition coefficient (Wildman–Crippen LogP) is 5.90. The summed E-state index contributed by atoms with van der Waals surface area (Å²) in [6, 6.07) is 22.3. The van der Waals surface area contributed by atoms with Crippen LogP contribution in [0.5, 0.6) is 0 Å². The number of hydrogen-bond donors (Lipinski definition) is 1. The smallest absolute Gasteiger partial charge is 0.270 e. The van der Waals surface area contributed by atoms with Crippen LogP contribution < -0.4 is 10.2 Å². The number of anilines is 2. The molecule has 41 heavy (non-hydrogen) atoms. The van der Waals surface area contributed by atoms with Gasteiger partial charge in [-0.05, 0) is 41.6 Å². The average Bonchev–Trinajstić information content (AvgIpc) is 3.70. The lowest BCUT2D eigenvalue weighted by molar-refractivity contribution is -0.384. The third-order valence-corrected chi connectivity index (χ3v) is 9.42. The summed E-state index contributed by atoms with van der Waals surface area (Å²) < 4.78 is 0. The van der Waals surface area contributed by atoms with Gasteiger partial charge in [0.25, 0.3) is 5.69 Å². The van der Waals surface area contributed by atoms with E-state index in [0.29, 0.717) is 16.1 Å². The molecule has 4 atom stereocenters. The molecule has 3 aliphatic rings. The fourth-order valence-corrected chi connectivity index (χ4v) is 7.60. The number of carbonyl (C=O) groups is 3. The highest BCUT2D eigenvalue weighted by molar-refractivity contribution is 7.12. The fourth-order valence-electron chi connectivity index (χ4n) is 6.90. The number of carbonyl (C=O) groups excluding carboxylic acids is 3. The number of benzene rings is 3. The first kappa shape index (κ1) is 25.1. The van der Waals surface area contributed by atoms with Gasteiger partial charge in [-0.25, -0.2) is 0 Å². The number of thiophene rings is 1. The van der Waals surface area contributed by atoms with Gasteiger partial charge < -0.3 is 10.2 Å². The Hall–Kier alpha value is -4.89. The third kappa shape index (κ3) is 3.42. The van der Waals surface area contributed by atoms with Crippen LogP contribution in [0.1, 0.15) is 38.1 Å². The highest BCUT2D eigenvalue weighted by Gasteiger charge is 2.70. The second-order valence-corrected chi connectivity index (χ2v) is 11.5. The molecule has 3 aliphatic heterocycles. The van der Waals surface area contributed by atoms with Gasteiger partial charge in [0.15, 0.2) is 11.6 Å². The molecule has 202 valence electrons. The molecule has 0 saturated carbocycles. The van der Waals surface area contributed by atoms with E-state index >= 15 is 0 Å². The molecular formula is C32H23N3O5S. The Morgan fingerprint density at radius 3 is 2.54 bits per heavy atom. The number of fused-ring (bicyclic) bond motifs is 6. The summed E-state index contributed by atoms with van der Waals surface area (Å²) in [6.45, 7) is 1.97. The Labute approximate surface area is 239 Å². The van der Waals surface area contributed by atoms with Crippen molar-refractivity contribution in [1.29, 1.82) is 0 Å². The van der Waals surface area contributed by atoms with E-state index in [2.05, 4.69) is 5.32 Å². The van der Waals surface area contributed by atoms with Gasteiger partial charge in [0.2, 0.25) is 5.91 Å². The minimum Gasteiger partial charge on any atom is -0.352 e. The Morgan fingerprint density at radius 1 is 0.976 bits per heavy atom. The zero-order valence-electron chi connectivity index (χ0n) is 21.8. The molecule has 1 aromatic heterocycles. The van der Waals surface area contributed by atoms with Gasteiger partial charge >= 0.3 is 0 Å². The van der Waals surface area contributed by atoms with E-state index < -0.39 is 34.1 Å². The molecule has 1 N–H and O–H groups in total. The topological polar surface area (TPSA) is 110 Å². The molecule has 1 amide bonds. The third-order valence-electron chi connectivity index (χ3n) is 8.54. The molecule has 7 rings (SSSR count). The van der Waals surface area contributed by atoms with Gasteiger partial charge in [-0.15, -0.1) is 11.3 Å². The summed E-state index contributed by atoms with van der Waals surface area (Å²) in [7, 11) is 0. The monoisotopic (exact) mass is 561 g/mol. The van der Waals surface area contributed by atoms with Crippen LogP contribution in [0.4, 0.5) is 17.1 Å². The summed E-state index contributed by atoms with van der Waals surface area (Å²) in [4.78, 5) is 57.1. The van der Waals surface area contributed by atoms with E-state index in [1.165, 1.54) is 35.6 Å². The van der Waals surface area contributed by atoms with Crippen LogP contribution in [-0.2, 0) is 10.2 Å². The number of allylic oxidation sites excluding steroid dienone is 1. The van der Waals surface area contributed by atoms with Gasteiger partial charge in [0, 0.05) is 34.6 Å². The van der Waals surface area contributed by atoms with Crippen molar-refractivity contribution >= 4 is 51.4 Å². The molecule has 1 spiro atoms. The molecule has 9 heteroatoms. The highest BCUT2D eigenvalue weighted by atomic mass is 32.1. The molecule has 4 aromatic rings. The molecule has 1 fully saturated rings. The van der Waals surface area contributed by atoms with E-state index in [1.54, 1.807) is 23.6 Å². The minimum atomic E-state index is -1.47. The SMILES string of the molecule is CC1=C[C@@H]2N(c3ccccc31)[C@@H](C(=O)c1cccs1)[C@@H](C(=O)c1cccc([N+](=O)[O-])c1)[C@@]21C(=O)Nc2ccccc21. The van der Waals surface area contributed by atoms with Crippen LogP contribution in [0.15, 0.2) is 96.4 Å². The first-order valence-corrected chi connectivity index (χ1v) is 14.1. The van der Waals surface area contributed by atoms with Gasteiger partial charge in [0.1, 0.15) is 11.5 Å². The maximum absolute atomic E-state index is 14.8. The number of ketones is 2. The molecule has 1 saturated heterocycles. The first-order valence-electron chi connectivity index (χ1n) is 13.2. The second-order valence-electron chi connectivity index (χ2n) is 10.5. The van der Waals surface area contributed by atoms with Crippen LogP contribution >= 0.6 is 11.3 Å². The summed E-state index contributed by atoms with van der Waals surface area (Å²) in [6.07, 6.45) is 1.99. The molecule has 0 unspecified atom stereocenters. The van der Waals surface area contributed by atoms with Crippen molar-refractivity contribution in [2.75, 3.05) is 10.2 Å². The summed E-state index contributed by atoms with van der Waals surface area (Å²) in [5.41, 5.74) is 2.21. The number of amides is 1. The fraction of sp³-hybridized carbons (Fsp3) is 0.156. The molecule has 0 aliphatic carbocycles. The zero-order valence-corrected chi connectivity index (χ0v) is 22.6. The number of nitrogens with one attached hydrogen (secondary N) is 1. The number of non-ortho nitro benzene ring substituents is 1. The van der Waals surface area contributed by atoms with Crippen molar-refractivity contribution in [1.82, 2.24) is 0 Å². The maximum Gasteiger partial charge on any atom is 0.270 e. The van der Waals surface area contributed by atoms with E-state index in [4.69, 9.17) is 0 Å². The summed E-state index contributed by atoms with van der Waals surface area (Å²) in [5.74, 6) is -2.32. The maximum atomic E-state index is 14.8. The Balaban J connectivity index is 1.55. The quantitative estimate of drug-likeness (QED) is 0.185. The van der Waals surface area contributed by atoms with Crippen molar-refractivity contribution in [2.24, 2.45) is 5.92 Å². The van der Waals surface area contributed by atoms with Crippen molar-refractivity contribution in [3.8, 4) is 0 Å². The van der Waals surface area contributed by atoms with Crippen molar-refractivity contribution in [3.63, 3.8) is 0 Å². The number of nitro benzene ring substituents is 1. The van der Waals surface area contributed by atoms with E-state index in [-0.39, 0.29) is 22.9 Å². The standard InChI is InChI=1S/C32H23N3O5S/c1-18-16-26-32(22-11-3-4-12-23(22)33-31(32)38)27(29(36)19-8-6-9-20(17-19)35(39)40)28(30(37)25-14-7-15-41-25)34(26)24-13-5-2-10-21(18)24/h2-17,26-28H,1H3,(H,33,38)/t26-,27-,28+,32-/m0/s1. The largest absolute Gasteiger partial charge is 0.352 e. The van der Waals surface area contributed by atoms with Crippen molar-refractivity contribution < 1.29 is 19.3 Å². The first-order chi connectivity index (χ1) is 19.8. The van der Waals surface area contributed by atoms with Gasteiger partial charge in [-0.1, -0.05) is 60.7 Å². The lowest BCUT2D eigenvalue weighted by Crippen LogP contribution is -2.51. The predicted molar refractivity (Wildman–Crippen MR) is 156 cm³/mol. The van der Waals surface area contributed by atoms with Crippen LogP contribution in [0.3, 0.4) is 0 Å². The lowest BCUT2D eigenvalue weighted by atomic mass is 9.64.